The van der Waals surface area contributed by atoms with E-state index < -0.39 is 9.84 Å². The fourth-order valence-corrected chi connectivity index (χ4v) is 7.36. The summed E-state index contributed by atoms with van der Waals surface area (Å²) in [5.74, 6) is 0. The second-order valence-electron chi connectivity index (χ2n) is 9.67. The molecule has 1 aliphatic rings. The molecule has 0 fully saturated rings. The molecule has 0 amide bonds. The number of aryl methyl sites for hydroxylation is 1. The Bertz CT molecular complexity index is 1810. The summed E-state index contributed by atoms with van der Waals surface area (Å²) in [6.45, 7) is 0. The van der Waals surface area contributed by atoms with Gasteiger partial charge in [0, 0.05) is 5.39 Å². The Kier molecular flexibility index (Phi) is 6.65. The van der Waals surface area contributed by atoms with Crippen molar-refractivity contribution in [2.75, 3.05) is 0 Å². The van der Waals surface area contributed by atoms with Crippen molar-refractivity contribution in [3.05, 3.63) is 132 Å². The number of benzene rings is 6. The van der Waals surface area contributed by atoms with E-state index >= 15 is 0 Å². The molecule has 188 valence electrons. The van der Waals surface area contributed by atoms with E-state index in [4.69, 9.17) is 11.6 Å². The van der Waals surface area contributed by atoms with Gasteiger partial charge in [-0.25, -0.2) is 8.42 Å². The number of alkyl halides is 1. The van der Waals surface area contributed by atoms with Gasteiger partial charge in [0.25, 0.3) is 0 Å². The van der Waals surface area contributed by atoms with Crippen LogP contribution in [0, 0.1) is 0 Å². The molecule has 6 aromatic rings. The van der Waals surface area contributed by atoms with Crippen LogP contribution in [0.25, 0.3) is 32.3 Å². The monoisotopic (exact) mass is 534 g/mol. The van der Waals surface area contributed by atoms with Crippen LogP contribution in [0.1, 0.15) is 29.3 Å². The molecule has 0 saturated heterocycles. The van der Waals surface area contributed by atoms with Crippen molar-refractivity contribution in [2.24, 2.45) is 0 Å². The third-order valence-corrected chi connectivity index (χ3v) is 9.64. The third kappa shape index (κ3) is 4.47. The smallest absolute Gasteiger partial charge is 0.207 e. The first-order valence-electron chi connectivity index (χ1n) is 12.9. The molecule has 0 radical (unpaired) electrons. The van der Waals surface area contributed by atoms with Crippen LogP contribution < -0.4 is 0 Å². The SMILES string of the molecule is O=S(=O)(c1ccccc1)c1cc2c3c(ccc2c2ccccc12)C(Cl)CCC3.c1ccc2ccccc2c1. The zero-order chi connectivity index (χ0) is 26.1. The van der Waals surface area contributed by atoms with Gasteiger partial charge in [-0.05, 0) is 75.5 Å². The van der Waals surface area contributed by atoms with Gasteiger partial charge in [0.1, 0.15) is 0 Å². The molecular weight excluding hydrogens is 508 g/mol. The predicted molar refractivity (Wildman–Crippen MR) is 159 cm³/mol. The highest BCUT2D eigenvalue weighted by molar-refractivity contribution is 7.91. The van der Waals surface area contributed by atoms with Gasteiger partial charge in [0.05, 0.1) is 15.2 Å². The normalized spacial score (nSPS) is 15.1. The number of hydrogen-bond donors (Lipinski definition) is 0. The second-order valence-corrected chi connectivity index (χ2v) is 12.1. The van der Waals surface area contributed by atoms with Crippen molar-refractivity contribution in [3.63, 3.8) is 0 Å². The topological polar surface area (TPSA) is 34.1 Å². The van der Waals surface area contributed by atoms with Crippen molar-refractivity contribution < 1.29 is 8.42 Å². The predicted octanol–water partition coefficient (Wildman–Crippen LogP) is 9.28. The Morgan fingerprint density at radius 1 is 0.605 bits per heavy atom. The maximum absolute atomic E-state index is 13.5. The first kappa shape index (κ1) is 24.7. The summed E-state index contributed by atoms with van der Waals surface area (Å²) in [4.78, 5) is 0.686. The molecule has 6 aromatic carbocycles. The van der Waals surface area contributed by atoms with E-state index in [1.54, 1.807) is 24.3 Å². The van der Waals surface area contributed by atoms with E-state index in [1.165, 1.54) is 16.3 Å². The molecule has 1 unspecified atom stereocenters. The number of rotatable bonds is 2. The maximum atomic E-state index is 13.5. The molecule has 0 aromatic heterocycles. The molecule has 0 bridgehead atoms. The van der Waals surface area contributed by atoms with Gasteiger partial charge in [-0.2, -0.15) is 0 Å². The van der Waals surface area contributed by atoms with Crippen LogP contribution >= 0.6 is 11.6 Å². The van der Waals surface area contributed by atoms with E-state index in [9.17, 15) is 8.42 Å². The highest BCUT2D eigenvalue weighted by atomic mass is 35.5. The standard InChI is InChI=1S/C24H19ClO2S.C10H8/c25-23-12-6-11-18-20(23)14-13-19-17-9-4-5-10-21(17)24(15-22(18)19)28(26,27)16-7-2-1-3-8-16;1-2-6-10-8-4-3-7-9(10)5-1/h1-5,7-10,13-15,23H,6,11-12H2;1-8H. The summed E-state index contributed by atoms with van der Waals surface area (Å²) >= 11 is 6.57. The molecule has 1 atom stereocenters. The van der Waals surface area contributed by atoms with Gasteiger partial charge in [0.15, 0.2) is 0 Å². The summed E-state index contributed by atoms with van der Waals surface area (Å²) in [6.07, 6.45) is 2.91. The van der Waals surface area contributed by atoms with Gasteiger partial charge in [-0.3, -0.25) is 0 Å². The van der Waals surface area contributed by atoms with E-state index in [0.717, 1.165) is 46.4 Å². The molecular formula is C34H27ClO2S. The fourth-order valence-electron chi connectivity index (χ4n) is 5.49. The van der Waals surface area contributed by atoms with E-state index in [-0.39, 0.29) is 5.38 Å². The third-order valence-electron chi connectivity index (χ3n) is 7.37. The van der Waals surface area contributed by atoms with Crippen LogP contribution in [-0.4, -0.2) is 8.42 Å². The molecule has 2 nitrogen and oxygen atoms in total. The molecule has 0 aliphatic heterocycles. The Labute approximate surface area is 228 Å². The van der Waals surface area contributed by atoms with Gasteiger partial charge in [-0.15, -0.1) is 11.6 Å². The lowest BCUT2D eigenvalue weighted by molar-refractivity contribution is 0.597. The van der Waals surface area contributed by atoms with Crippen molar-refractivity contribution in [3.8, 4) is 0 Å². The van der Waals surface area contributed by atoms with Crippen LogP contribution in [0.3, 0.4) is 0 Å². The molecule has 4 heteroatoms. The van der Waals surface area contributed by atoms with Gasteiger partial charge in [0.2, 0.25) is 9.84 Å². The highest BCUT2D eigenvalue weighted by Crippen LogP contribution is 2.42. The lowest BCUT2D eigenvalue weighted by atomic mass is 9.86. The van der Waals surface area contributed by atoms with Gasteiger partial charge in [-0.1, -0.05) is 103 Å². The zero-order valence-electron chi connectivity index (χ0n) is 20.8. The summed E-state index contributed by atoms with van der Waals surface area (Å²) in [5.41, 5.74) is 2.33. The molecule has 7 rings (SSSR count). The van der Waals surface area contributed by atoms with Crippen LogP contribution in [0.15, 0.2) is 131 Å². The molecule has 0 saturated carbocycles. The average Bonchev–Trinajstić information content (AvgIpc) is 2.97. The minimum atomic E-state index is -3.63. The van der Waals surface area contributed by atoms with Crippen molar-refractivity contribution in [1.82, 2.24) is 0 Å². The maximum Gasteiger partial charge on any atom is 0.207 e. The molecule has 0 N–H and O–H groups in total. The Hall–Kier alpha value is -3.66. The van der Waals surface area contributed by atoms with Gasteiger partial charge >= 0.3 is 0 Å². The van der Waals surface area contributed by atoms with Crippen molar-refractivity contribution in [2.45, 2.75) is 34.4 Å². The number of hydrogen-bond acceptors (Lipinski definition) is 2. The van der Waals surface area contributed by atoms with Crippen LogP contribution in [0.5, 0.6) is 0 Å². The summed E-state index contributed by atoms with van der Waals surface area (Å²) in [6, 6.07) is 39.2. The summed E-state index contributed by atoms with van der Waals surface area (Å²) < 4.78 is 27.0. The summed E-state index contributed by atoms with van der Waals surface area (Å²) in [5, 5.41) is 6.44. The minimum Gasteiger partial charge on any atom is -0.218 e. The van der Waals surface area contributed by atoms with Crippen molar-refractivity contribution in [1.29, 1.82) is 0 Å². The largest absolute Gasteiger partial charge is 0.218 e. The Morgan fingerprint density at radius 2 is 1.16 bits per heavy atom. The number of sulfone groups is 1. The molecule has 0 spiro atoms. The quantitative estimate of drug-likeness (QED) is 0.164. The lowest BCUT2D eigenvalue weighted by Crippen LogP contribution is -2.07. The lowest BCUT2D eigenvalue weighted by Gasteiger charge is -2.23. The van der Waals surface area contributed by atoms with Crippen molar-refractivity contribution >= 4 is 53.8 Å². The zero-order valence-corrected chi connectivity index (χ0v) is 22.4. The van der Waals surface area contributed by atoms with Gasteiger partial charge < -0.3 is 0 Å². The Balaban J connectivity index is 0.000000221. The molecule has 38 heavy (non-hydrogen) atoms. The molecule has 1 aliphatic carbocycles. The van der Waals surface area contributed by atoms with E-state index in [2.05, 4.69) is 60.7 Å². The van der Waals surface area contributed by atoms with Crippen LogP contribution in [-0.2, 0) is 16.3 Å². The second kappa shape index (κ2) is 10.2. The fraction of sp³-hybridized carbons (Fsp3) is 0.118. The average molecular weight is 535 g/mol. The van der Waals surface area contributed by atoms with Crippen LogP contribution in [0.2, 0.25) is 0 Å². The minimum absolute atomic E-state index is 0.00574. The Morgan fingerprint density at radius 3 is 1.82 bits per heavy atom. The number of fused-ring (bicyclic) bond motifs is 6. The van der Waals surface area contributed by atoms with E-state index in [0.29, 0.717) is 9.79 Å². The van der Waals surface area contributed by atoms with Crippen LogP contribution in [0.4, 0.5) is 0 Å². The first-order chi connectivity index (χ1) is 18.5. The van der Waals surface area contributed by atoms with E-state index in [1.807, 2.05) is 36.4 Å². The summed E-state index contributed by atoms with van der Waals surface area (Å²) in [7, 11) is -3.63. The number of halogens is 1. The first-order valence-corrected chi connectivity index (χ1v) is 14.8. The molecule has 0 heterocycles. The highest BCUT2D eigenvalue weighted by Gasteiger charge is 2.25.